The lowest BCUT2D eigenvalue weighted by molar-refractivity contribution is -0.384. The van der Waals surface area contributed by atoms with E-state index in [2.05, 4.69) is 10.4 Å². The Bertz CT molecular complexity index is 1050. The third-order valence-electron chi connectivity index (χ3n) is 3.29. The molecule has 1 N–H and O–H groups in total. The molecular formula is C16H11FN4O3S3. The highest BCUT2D eigenvalue weighted by atomic mass is 32.2. The van der Waals surface area contributed by atoms with Crippen LogP contribution in [0.3, 0.4) is 0 Å². The van der Waals surface area contributed by atoms with Crippen molar-refractivity contribution in [3.05, 3.63) is 68.4 Å². The highest BCUT2D eigenvalue weighted by Gasteiger charge is 2.17. The Morgan fingerprint density at radius 2 is 2.07 bits per heavy atom. The summed E-state index contributed by atoms with van der Waals surface area (Å²) in [6.07, 6.45) is 0. The highest BCUT2D eigenvalue weighted by Crippen LogP contribution is 2.27. The summed E-state index contributed by atoms with van der Waals surface area (Å²) in [7, 11) is 0. The zero-order valence-corrected chi connectivity index (χ0v) is 15.9. The topological polar surface area (TPSA) is 90.1 Å². The van der Waals surface area contributed by atoms with Crippen LogP contribution in [0, 0.1) is 19.9 Å². The number of hydrogen-bond acceptors (Lipinski definition) is 7. The Hall–Kier alpha value is -2.63. The molecule has 27 heavy (non-hydrogen) atoms. The summed E-state index contributed by atoms with van der Waals surface area (Å²) in [6.45, 7) is 0. The van der Waals surface area contributed by atoms with Gasteiger partial charge in [-0.05, 0) is 36.5 Å². The standard InChI is InChI=1S/C16H11FN4O3S3/c17-10-6-7-12(13(8-10)21(23)24)18-14(22)9-26-15-19-20(16(25)27-15)11-4-2-1-3-5-11/h1-8H,9H2,(H,18,22). The van der Waals surface area contributed by atoms with Crippen molar-refractivity contribution in [1.29, 1.82) is 0 Å². The molecule has 0 unspecified atom stereocenters. The molecule has 0 atom stereocenters. The van der Waals surface area contributed by atoms with Gasteiger partial charge in [0.25, 0.3) is 5.69 Å². The van der Waals surface area contributed by atoms with E-state index in [9.17, 15) is 19.3 Å². The first-order valence-electron chi connectivity index (χ1n) is 7.46. The van der Waals surface area contributed by atoms with E-state index < -0.39 is 22.3 Å². The summed E-state index contributed by atoms with van der Waals surface area (Å²) in [4.78, 5) is 22.3. The van der Waals surface area contributed by atoms with Gasteiger partial charge in [0.2, 0.25) is 5.91 Å². The number of carbonyl (C=O) groups is 1. The molecule has 1 heterocycles. The molecule has 7 nitrogen and oxygen atoms in total. The van der Waals surface area contributed by atoms with E-state index in [-0.39, 0.29) is 11.4 Å². The molecule has 0 bridgehead atoms. The van der Waals surface area contributed by atoms with Gasteiger partial charge in [0.05, 0.1) is 22.4 Å². The molecule has 1 amide bonds. The normalized spacial score (nSPS) is 10.6. The van der Waals surface area contributed by atoms with E-state index in [4.69, 9.17) is 12.2 Å². The number of rotatable bonds is 6. The van der Waals surface area contributed by atoms with E-state index in [0.29, 0.717) is 8.29 Å². The minimum absolute atomic E-state index is 0.0222. The number of hydrogen-bond donors (Lipinski definition) is 1. The Morgan fingerprint density at radius 1 is 1.33 bits per heavy atom. The number of benzene rings is 2. The third-order valence-corrected chi connectivity index (χ3v) is 5.65. The summed E-state index contributed by atoms with van der Waals surface area (Å²) in [6, 6.07) is 12.3. The van der Waals surface area contributed by atoms with Crippen LogP contribution in [0.4, 0.5) is 15.8 Å². The monoisotopic (exact) mass is 422 g/mol. The van der Waals surface area contributed by atoms with Gasteiger partial charge in [-0.2, -0.15) is 0 Å². The molecule has 0 aliphatic heterocycles. The van der Waals surface area contributed by atoms with Gasteiger partial charge >= 0.3 is 0 Å². The molecule has 1 aromatic heterocycles. The fourth-order valence-corrected chi connectivity index (χ4v) is 4.29. The maximum Gasteiger partial charge on any atom is 0.295 e. The number of carbonyl (C=O) groups excluding carboxylic acids is 1. The molecule has 0 radical (unpaired) electrons. The molecule has 0 spiro atoms. The molecule has 3 aromatic rings. The lowest BCUT2D eigenvalue weighted by Crippen LogP contribution is -2.15. The fourth-order valence-electron chi connectivity index (χ4n) is 2.13. The van der Waals surface area contributed by atoms with Gasteiger partial charge < -0.3 is 5.32 Å². The molecule has 2 aromatic carbocycles. The van der Waals surface area contributed by atoms with Crippen LogP contribution in [0.2, 0.25) is 0 Å². The van der Waals surface area contributed by atoms with Crippen LogP contribution >= 0.6 is 35.3 Å². The number of halogens is 1. The predicted octanol–water partition coefficient (Wildman–Crippen LogP) is 4.44. The van der Waals surface area contributed by atoms with Crippen molar-refractivity contribution in [3.8, 4) is 5.69 Å². The van der Waals surface area contributed by atoms with Gasteiger partial charge in [-0.25, -0.2) is 9.07 Å². The second kappa shape index (κ2) is 8.37. The average molecular weight is 422 g/mol. The molecule has 0 aliphatic rings. The van der Waals surface area contributed by atoms with Crippen molar-refractivity contribution < 1.29 is 14.1 Å². The van der Waals surface area contributed by atoms with Gasteiger partial charge in [0.1, 0.15) is 11.5 Å². The highest BCUT2D eigenvalue weighted by molar-refractivity contribution is 8.01. The van der Waals surface area contributed by atoms with Crippen molar-refractivity contribution in [2.45, 2.75) is 4.34 Å². The quantitative estimate of drug-likeness (QED) is 0.273. The lowest BCUT2D eigenvalue weighted by atomic mass is 10.2. The zero-order chi connectivity index (χ0) is 19.4. The van der Waals surface area contributed by atoms with Crippen molar-refractivity contribution >= 4 is 52.6 Å². The smallest absolute Gasteiger partial charge is 0.295 e. The fraction of sp³-hybridized carbons (Fsp3) is 0.0625. The Kier molecular flexibility index (Phi) is 5.94. The van der Waals surface area contributed by atoms with Crippen molar-refractivity contribution in [3.63, 3.8) is 0 Å². The largest absolute Gasteiger partial charge is 0.320 e. The first kappa shape index (κ1) is 19.1. The van der Waals surface area contributed by atoms with Crippen LogP contribution < -0.4 is 5.32 Å². The summed E-state index contributed by atoms with van der Waals surface area (Å²) in [5, 5.41) is 17.8. The van der Waals surface area contributed by atoms with Gasteiger partial charge in [0.15, 0.2) is 8.29 Å². The van der Waals surface area contributed by atoms with Crippen LogP contribution in [0.15, 0.2) is 52.9 Å². The van der Waals surface area contributed by atoms with E-state index in [1.54, 1.807) is 4.68 Å². The number of nitro groups is 1. The summed E-state index contributed by atoms with van der Waals surface area (Å²) in [5.41, 5.74) is 0.254. The lowest BCUT2D eigenvalue weighted by Gasteiger charge is -2.05. The van der Waals surface area contributed by atoms with Gasteiger partial charge in [0, 0.05) is 0 Å². The molecule has 0 saturated heterocycles. The van der Waals surface area contributed by atoms with Crippen LogP contribution in [0.25, 0.3) is 5.69 Å². The number of para-hydroxylation sites is 1. The van der Waals surface area contributed by atoms with Crippen molar-refractivity contribution in [2.75, 3.05) is 11.1 Å². The molecule has 3 rings (SSSR count). The van der Waals surface area contributed by atoms with Crippen LogP contribution in [-0.4, -0.2) is 26.4 Å². The van der Waals surface area contributed by atoms with Gasteiger partial charge in [-0.15, -0.1) is 5.10 Å². The minimum atomic E-state index is -0.751. The van der Waals surface area contributed by atoms with Gasteiger partial charge in [-0.1, -0.05) is 41.3 Å². The molecule has 11 heteroatoms. The number of nitrogens with one attached hydrogen (secondary N) is 1. The number of anilines is 1. The average Bonchev–Trinajstić information content (AvgIpc) is 3.03. The first-order valence-corrected chi connectivity index (χ1v) is 9.67. The van der Waals surface area contributed by atoms with Crippen molar-refractivity contribution in [1.82, 2.24) is 9.78 Å². The second-order valence-corrected chi connectivity index (χ2v) is 7.98. The minimum Gasteiger partial charge on any atom is -0.320 e. The number of amides is 1. The van der Waals surface area contributed by atoms with Crippen LogP contribution in [-0.2, 0) is 4.79 Å². The molecular weight excluding hydrogens is 411 g/mol. The van der Waals surface area contributed by atoms with E-state index in [0.717, 1.165) is 35.6 Å². The first-order chi connectivity index (χ1) is 12.9. The number of aromatic nitrogens is 2. The zero-order valence-electron chi connectivity index (χ0n) is 13.5. The maximum atomic E-state index is 13.2. The van der Waals surface area contributed by atoms with Gasteiger partial charge in [-0.3, -0.25) is 14.9 Å². The molecule has 0 fully saturated rings. The van der Waals surface area contributed by atoms with Crippen LogP contribution in [0.5, 0.6) is 0 Å². The number of thioether (sulfide) groups is 1. The number of nitrogens with zero attached hydrogens (tertiary/aromatic N) is 3. The second-order valence-electron chi connectivity index (χ2n) is 5.14. The van der Waals surface area contributed by atoms with Crippen LogP contribution in [0.1, 0.15) is 0 Å². The van der Waals surface area contributed by atoms with E-state index in [1.165, 1.54) is 11.3 Å². The maximum absolute atomic E-state index is 13.2. The predicted molar refractivity (Wildman–Crippen MR) is 105 cm³/mol. The Morgan fingerprint density at radius 3 is 2.78 bits per heavy atom. The number of nitro benzene ring substituents is 1. The SMILES string of the molecule is O=C(CSc1nn(-c2ccccc2)c(=S)s1)Nc1ccc(F)cc1[N+](=O)[O-]. The van der Waals surface area contributed by atoms with Crippen molar-refractivity contribution in [2.24, 2.45) is 0 Å². The summed E-state index contributed by atoms with van der Waals surface area (Å²) < 4.78 is 15.9. The third kappa shape index (κ3) is 4.76. The molecule has 138 valence electrons. The van der Waals surface area contributed by atoms with E-state index in [1.807, 2.05) is 30.3 Å². The van der Waals surface area contributed by atoms with E-state index >= 15 is 0 Å². The summed E-state index contributed by atoms with van der Waals surface area (Å²) >= 11 is 7.71. The molecule has 0 saturated carbocycles. The Labute approximate surface area is 166 Å². The summed E-state index contributed by atoms with van der Waals surface area (Å²) in [5.74, 6) is -1.24. The molecule has 0 aliphatic carbocycles. The Balaban J connectivity index is 1.67.